The Morgan fingerprint density at radius 2 is 1.81 bits per heavy atom. The van der Waals surface area contributed by atoms with Crippen molar-refractivity contribution in [3.63, 3.8) is 0 Å². The fraction of sp³-hybridized carbons (Fsp3) is 0.0952. The summed E-state index contributed by atoms with van der Waals surface area (Å²) in [4.78, 5) is 22.8. The van der Waals surface area contributed by atoms with Crippen LogP contribution in [0.25, 0.3) is 10.2 Å². The van der Waals surface area contributed by atoms with Crippen molar-refractivity contribution < 1.29 is 13.3 Å². The van der Waals surface area contributed by atoms with E-state index in [9.17, 15) is 23.3 Å². The van der Waals surface area contributed by atoms with E-state index in [2.05, 4.69) is 4.72 Å². The molecule has 3 aromatic carbocycles. The van der Waals surface area contributed by atoms with E-state index in [0.717, 1.165) is 16.9 Å². The van der Waals surface area contributed by atoms with Gasteiger partial charge in [0.15, 0.2) is 0 Å². The summed E-state index contributed by atoms with van der Waals surface area (Å²) in [6.07, 6.45) is 0. The molecule has 0 atom stereocenters. The van der Waals surface area contributed by atoms with Crippen molar-refractivity contribution >= 4 is 43.0 Å². The number of sulfonamides is 1. The van der Waals surface area contributed by atoms with Crippen LogP contribution in [-0.2, 0) is 16.6 Å². The molecular weight excluding hydrogens is 438 g/mol. The van der Waals surface area contributed by atoms with Gasteiger partial charge in [-0.2, -0.15) is 0 Å². The molecule has 0 amide bonds. The first-order valence-corrected chi connectivity index (χ1v) is 11.5. The minimum Gasteiger partial charge on any atom is -0.294 e. The maximum atomic E-state index is 12.9. The van der Waals surface area contributed by atoms with Gasteiger partial charge in [0.25, 0.3) is 15.7 Å². The Bertz CT molecular complexity index is 1460. The Kier molecular flexibility index (Phi) is 5.34. The lowest BCUT2D eigenvalue weighted by Gasteiger charge is -2.11. The maximum absolute atomic E-state index is 12.9. The van der Waals surface area contributed by atoms with Crippen molar-refractivity contribution in [1.29, 1.82) is 0 Å². The number of nitrogens with one attached hydrogen (secondary N) is 1. The molecule has 0 aliphatic carbocycles. The molecule has 10 heteroatoms. The third-order valence-corrected chi connectivity index (χ3v) is 7.18. The molecule has 4 rings (SSSR count). The van der Waals surface area contributed by atoms with Gasteiger partial charge < -0.3 is 0 Å². The topological polar surface area (TPSA) is 111 Å². The van der Waals surface area contributed by atoms with E-state index in [1.54, 1.807) is 10.6 Å². The maximum Gasteiger partial charge on any atom is 0.308 e. The summed E-state index contributed by atoms with van der Waals surface area (Å²) in [5.41, 5.74) is 1.78. The van der Waals surface area contributed by atoms with E-state index in [0.29, 0.717) is 16.8 Å². The zero-order chi connectivity index (χ0) is 22.2. The second kappa shape index (κ2) is 7.97. The highest BCUT2D eigenvalue weighted by Crippen LogP contribution is 2.28. The van der Waals surface area contributed by atoms with E-state index >= 15 is 0 Å². The molecule has 0 radical (unpaired) electrons. The summed E-state index contributed by atoms with van der Waals surface area (Å²) in [6, 6.07) is 18.2. The van der Waals surface area contributed by atoms with Crippen molar-refractivity contribution in [2.24, 2.45) is 0 Å². The number of fused-ring (bicyclic) bond motifs is 1. The fourth-order valence-corrected chi connectivity index (χ4v) is 5.42. The van der Waals surface area contributed by atoms with Crippen molar-refractivity contribution in [1.82, 2.24) is 4.57 Å². The molecule has 1 aromatic heterocycles. The molecule has 0 unspecified atom stereocenters. The number of nitrogens with zero attached hydrogens (tertiary/aromatic N) is 2. The number of nitro groups is 1. The van der Waals surface area contributed by atoms with Gasteiger partial charge in [-0.05, 0) is 36.8 Å². The molecule has 0 aliphatic heterocycles. The van der Waals surface area contributed by atoms with E-state index in [1.165, 1.54) is 37.3 Å². The van der Waals surface area contributed by atoms with Crippen molar-refractivity contribution in [3.05, 3.63) is 97.6 Å². The molecule has 1 N–H and O–H groups in total. The average Bonchev–Trinajstić information content (AvgIpc) is 3.04. The van der Waals surface area contributed by atoms with Crippen LogP contribution in [0.2, 0.25) is 0 Å². The standard InChI is InChI=1S/C21H17N3O5S2/c1-14-17(8-5-9-18(14)24(26)27)22-31(28,29)16-10-11-19-20(12-16)30-21(25)23(19)13-15-6-3-2-4-7-15/h2-12,22H,13H2,1H3. The number of hydrogen-bond acceptors (Lipinski definition) is 6. The van der Waals surface area contributed by atoms with Gasteiger partial charge in [-0.3, -0.25) is 24.2 Å². The van der Waals surface area contributed by atoms with Crippen LogP contribution in [0.15, 0.2) is 76.4 Å². The third-order valence-electron chi connectivity index (χ3n) is 4.88. The molecule has 0 spiro atoms. The second-order valence-electron chi connectivity index (χ2n) is 6.88. The Morgan fingerprint density at radius 1 is 1.06 bits per heavy atom. The molecule has 8 nitrogen and oxygen atoms in total. The summed E-state index contributed by atoms with van der Waals surface area (Å²) >= 11 is 0.970. The lowest BCUT2D eigenvalue weighted by atomic mass is 10.2. The monoisotopic (exact) mass is 455 g/mol. The molecule has 0 saturated heterocycles. The normalized spacial score (nSPS) is 11.5. The molecule has 0 fully saturated rings. The molecule has 31 heavy (non-hydrogen) atoms. The first kappa shape index (κ1) is 20.8. The summed E-state index contributed by atoms with van der Waals surface area (Å²) in [5.74, 6) is 0. The third kappa shape index (κ3) is 4.07. The predicted molar refractivity (Wildman–Crippen MR) is 120 cm³/mol. The van der Waals surface area contributed by atoms with E-state index < -0.39 is 14.9 Å². The van der Waals surface area contributed by atoms with Gasteiger partial charge in [0.05, 0.1) is 37.8 Å². The van der Waals surface area contributed by atoms with Crippen LogP contribution in [0.1, 0.15) is 11.1 Å². The van der Waals surface area contributed by atoms with E-state index in [1.807, 2.05) is 30.3 Å². The van der Waals surface area contributed by atoms with Crippen LogP contribution in [-0.4, -0.2) is 17.9 Å². The van der Waals surface area contributed by atoms with E-state index in [4.69, 9.17) is 0 Å². The van der Waals surface area contributed by atoms with Crippen LogP contribution in [0.4, 0.5) is 11.4 Å². The van der Waals surface area contributed by atoms with E-state index in [-0.39, 0.29) is 26.7 Å². The lowest BCUT2D eigenvalue weighted by Crippen LogP contribution is -2.15. The summed E-state index contributed by atoms with van der Waals surface area (Å²) in [7, 11) is -4.01. The molecule has 1 heterocycles. The zero-order valence-electron chi connectivity index (χ0n) is 16.3. The molecule has 0 bridgehead atoms. The van der Waals surface area contributed by atoms with Crippen molar-refractivity contribution in [2.75, 3.05) is 4.72 Å². The average molecular weight is 456 g/mol. The first-order chi connectivity index (χ1) is 14.8. The smallest absolute Gasteiger partial charge is 0.294 e. The number of hydrogen-bond donors (Lipinski definition) is 1. The second-order valence-corrected chi connectivity index (χ2v) is 9.56. The van der Waals surface area contributed by atoms with Crippen molar-refractivity contribution in [2.45, 2.75) is 18.4 Å². The highest BCUT2D eigenvalue weighted by atomic mass is 32.2. The first-order valence-electron chi connectivity index (χ1n) is 9.20. The molecular formula is C21H17N3O5S2. The lowest BCUT2D eigenvalue weighted by molar-refractivity contribution is -0.385. The van der Waals surface area contributed by atoms with Gasteiger partial charge in [-0.1, -0.05) is 47.7 Å². The fourth-order valence-electron chi connectivity index (χ4n) is 3.27. The number of aromatic nitrogens is 1. The predicted octanol–water partition coefficient (Wildman–Crippen LogP) is 4.13. The number of nitro benzene ring substituents is 1. The Balaban J connectivity index is 1.69. The minimum absolute atomic E-state index is 0.0287. The van der Waals surface area contributed by atoms with Crippen molar-refractivity contribution in [3.8, 4) is 0 Å². The number of rotatable bonds is 6. The van der Waals surface area contributed by atoms with Crippen LogP contribution in [0.5, 0.6) is 0 Å². The largest absolute Gasteiger partial charge is 0.308 e. The van der Waals surface area contributed by atoms with Gasteiger partial charge in [0, 0.05) is 6.07 Å². The van der Waals surface area contributed by atoms with Gasteiger partial charge in [0.2, 0.25) is 0 Å². The highest BCUT2D eigenvalue weighted by Gasteiger charge is 2.20. The summed E-state index contributed by atoms with van der Waals surface area (Å²) in [5, 5.41) is 11.1. The molecule has 4 aromatic rings. The SMILES string of the molecule is Cc1c(NS(=O)(=O)c2ccc3c(c2)sc(=O)n3Cc2ccccc2)cccc1[N+](=O)[O-]. The molecule has 0 aliphatic rings. The molecule has 158 valence electrons. The van der Waals surface area contributed by atoms with Crippen LogP contribution in [0, 0.1) is 17.0 Å². The number of thiazole rings is 1. The Hall–Kier alpha value is -3.50. The van der Waals surface area contributed by atoms with Gasteiger partial charge in [-0.25, -0.2) is 8.42 Å². The van der Waals surface area contributed by atoms with Gasteiger partial charge >= 0.3 is 4.87 Å². The van der Waals surface area contributed by atoms with Gasteiger partial charge in [0.1, 0.15) is 0 Å². The quantitative estimate of drug-likeness (QED) is 0.347. The Morgan fingerprint density at radius 3 is 2.52 bits per heavy atom. The highest BCUT2D eigenvalue weighted by molar-refractivity contribution is 7.92. The number of benzene rings is 3. The van der Waals surface area contributed by atoms with Crippen LogP contribution >= 0.6 is 11.3 Å². The van der Waals surface area contributed by atoms with Crippen LogP contribution < -0.4 is 9.60 Å². The zero-order valence-corrected chi connectivity index (χ0v) is 17.9. The minimum atomic E-state index is -4.01. The van der Waals surface area contributed by atoms with Gasteiger partial charge in [-0.15, -0.1) is 0 Å². The number of anilines is 1. The Labute approximate surface area is 181 Å². The molecule has 0 saturated carbocycles. The van der Waals surface area contributed by atoms with Crippen LogP contribution in [0.3, 0.4) is 0 Å². The summed E-state index contributed by atoms with van der Waals surface area (Å²) in [6.45, 7) is 1.87. The summed E-state index contributed by atoms with van der Waals surface area (Å²) < 4.78 is 30.4.